The number of aliphatic hydroxyl groups excluding tert-OH is 1. The fourth-order valence-electron chi connectivity index (χ4n) is 4.20. The number of halogens is 1. The number of amides is 1. The molecule has 1 saturated heterocycles. The third-order valence-corrected chi connectivity index (χ3v) is 7.60. The van der Waals surface area contributed by atoms with E-state index in [9.17, 15) is 19.5 Å². The van der Waals surface area contributed by atoms with Crippen LogP contribution >= 0.6 is 22.9 Å². The molecule has 1 fully saturated rings. The van der Waals surface area contributed by atoms with Crippen LogP contribution in [0.1, 0.15) is 66.1 Å². The van der Waals surface area contributed by atoms with Gasteiger partial charge in [-0.2, -0.15) is 0 Å². The number of rotatable bonds is 10. The number of aryl methyl sites for hydroxylation is 1. The Morgan fingerprint density at radius 2 is 1.90 bits per heavy atom. The summed E-state index contributed by atoms with van der Waals surface area (Å²) in [6.45, 7) is 8.37. The van der Waals surface area contributed by atoms with Gasteiger partial charge in [0.1, 0.15) is 16.4 Å². The van der Waals surface area contributed by atoms with E-state index in [1.807, 2.05) is 13.8 Å². The van der Waals surface area contributed by atoms with E-state index in [-0.39, 0.29) is 33.9 Å². The van der Waals surface area contributed by atoms with Crippen LogP contribution in [-0.2, 0) is 14.3 Å². The van der Waals surface area contributed by atoms with Crippen molar-refractivity contribution >= 4 is 51.5 Å². The van der Waals surface area contributed by atoms with Gasteiger partial charge in [-0.3, -0.25) is 14.5 Å². The van der Waals surface area contributed by atoms with Gasteiger partial charge in [-0.05, 0) is 61.2 Å². The summed E-state index contributed by atoms with van der Waals surface area (Å²) in [7, 11) is 0. The number of Topliss-reactive ketones (excluding diaryl/α,β-unsaturated/α-hetero) is 1. The minimum Gasteiger partial charge on any atom is -0.507 e. The number of aliphatic hydroxyl groups is 1. The molecule has 1 aliphatic heterocycles. The lowest BCUT2D eigenvalue weighted by Gasteiger charge is -2.23. The van der Waals surface area contributed by atoms with Gasteiger partial charge in [-0.15, -0.1) is 0 Å². The van der Waals surface area contributed by atoms with Crippen LogP contribution in [0.4, 0.5) is 5.13 Å². The molecule has 0 spiro atoms. The Hall–Kier alpha value is -3.69. The molecule has 40 heavy (non-hydrogen) atoms. The van der Waals surface area contributed by atoms with Crippen molar-refractivity contribution in [2.45, 2.75) is 46.6 Å². The van der Waals surface area contributed by atoms with Gasteiger partial charge in [0.15, 0.2) is 5.13 Å². The molecule has 1 unspecified atom stereocenters. The summed E-state index contributed by atoms with van der Waals surface area (Å²) < 4.78 is 11.1. The number of unbranched alkanes of at least 4 members (excludes halogenated alkanes) is 1. The molecule has 1 N–H and O–H groups in total. The number of hydrogen-bond acceptors (Lipinski definition) is 8. The largest absolute Gasteiger partial charge is 0.507 e. The topological polar surface area (TPSA) is 106 Å². The third kappa shape index (κ3) is 6.21. The SMILES string of the molecule is CCCCOc1ccc(C(O)=C2C(=O)C(=O)N(c3nc(C)c(C(=O)OCC(C)C)s3)C2c2cccc(Cl)c2)cc1. The molecule has 210 valence electrons. The van der Waals surface area contributed by atoms with Gasteiger partial charge in [0.05, 0.1) is 30.5 Å². The summed E-state index contributed by atoms with van der Waals surface area (Å²) in [5, 5.41) is 11.9. The van der Waals surface area contributed by atoms with Crippen LogP contribution in [-0.4, -0.2) is 41.0 Å². The van der Waals surface area contributed by atoms with Crippen LogP contribution < -0.4 is 9.64 Å². The minimum atomic E-state index is -1.02. The van der Waals surface area contributed by atoms with Gasteiger partial charge in [-0.25, -0.2) is 9.78 Å². The van der Waals surface area contributed by atoms with Crippen molar-refractivity contribution in [3.05, 3.63) is 80.8 Å². The zero-order valence-electron chi connectivity index (χ0n) is 22.8. The number of hydrogen-bond donors (Lipinski definition) is 1. The number of benzene rings is 2. The average Bonchev–Trinajstić information content (AvgIpc) is 3.44. The van der Waals surface area contributed by atoms with Crippen LogP contribution in [0.25, 0.3) is 5.76 Å². The molecule has 10 heteroatoms. The second kappa shape index (κ2) is 12.7. The van der Waals surface area contributed by atoms with E-state index in [0.29, 0.717) is 34.2 Å². The van der Waals surface area contributed by atoms with Crippen molar-refractivity contribution in [1.29, 1.82) is 0 Å². The predicted octanol–water partition coefficient (Wildman–Crippen LogP) is 6.72. The fourth-order valence-corrected chi connectivity index (χ4v) is 5.39. The highest BCUT2D eigenvalue weighted by atomic mass is 35.5. The van der Waals surface area contributed by atoms with Crippen molar-refractivity contribution in [2.24, 2.45) is 5.92 Å². The molecule has 0 aliphatic carbocycles. The Labute approximate surface area is 242 Å². The summed E-state index contributed by atoms with van der Waals surface area (Å²) in [6, 6.07) is 12.4. The molecule has 4 rings (SSSR count). The number of ether oxygens (including phenoxy) is 2. The lowest BCUT2D eigenvalue weighted by atomic mass is 9.95. The summed E-state index contributed by atoms with van der Waals surface area (Å²) in [5.41, 5.74) is 1.12. The van der Waals surface area contributed by atoms with Gasteiger partial charge in [0.25, 0.3) is 5.78 Å². The van der Waals surface area contributed by atoms with E-state index >= 15 is 0 Å². The van der Waals surface area contributed by atoms with Crippen molar-refractivity contribution < 1.29 is 29.0 Å². The molecule has 1 aliphatic rings. The van der Waals surface area contributed by atoms with Crippen molar-refractivity contribution in [2.75, 3.05) is 18.1 Å². The molecule has 2 aromatic carbocycles. The quantitative estimate of drug-likeness (QED) is 0.0929. The smallest absolute Gasteiger partial charge is 0.350 e. The Kier molecular flexibility index (Phi) is 9.27. The first-order chi connectivity index (χ1) is 19.1. The van der Waals surface area contributed by atoms with E-state index < -0.39 is 23.7 Å². The number of aromatic nitrogens is 1. The van der Waals surface area contributed by atoms with Gasteiger partial charge < -0.3 is 14.6 Å². The number of carbonyl (C=O) groups is 3. The van der Waals surface area contributed by atoms with E-state index in [1.165, 1.54) is 4.90 Å². The number of anilines is 1. The Bertz CT molecular complexity index is 1450. The summed E-state index contributed by atoms with van der Waals surface area (Å²) in [6.07, 6.45) is 1.92. The maximum absolute atomic E-state index is 13.5. The lowest BCUT2D eigenvalue weighted by molar-refractivity contribution is -0.132. The zero-order valence-corrected chi connectivity index (χ0v) is 24.3. The number of thiazole rings is 1. The number of ketones is 1. The molecule has 1 atom stereocenters. The highest BCUT2D eigenvalue weighted by molar-refractivity contribution is 7.17. The van der Waals surface area contributed by atoms with Crippen LogP contribution in [0.15, 0.2) is 54.1 Å². The Balaban J connectivity index is 1.78. The maximum Gasteiger partial charge on any atom is 0.350 e. The Morgan fingerprint density at radius 1 is 1.18 bits per heavy atom. The van der Waals surface area contributed by atoms with Crippen LogP contribution in [0.5, 0.6) is 5.75 Å². The standard InChI is InChI=1S/C30H31ClN2O6S/c1-5-6-14-38-22-12-10-19(11-13-22)25(34)23-24(20-8-7-9-21(31)15-20)33(28(36)26(23)35)30-32-18(4)27(40-30)29(37)39-16-17(2)3/h7-13,15,17,24,34H,5-6,14,16H2,1-4H3. The van der Waals surface area contributed by atoms with Crippen molar-refractivity contribution in [3.8, 4) is 5.75 Å². The normalized spacial score (nSPS) is 16.6. The van der Waals surface area contributed by atoms with Gasteiger partial charge >= 0.3 is 11.9 Å². The lowest BCUT2D eigenvalue weighted by Crippen LogP contribution is -2.29. The van der Waals surface area contributed by atoms with E-state index in [1.54, 1.807) is 55.5 Å². The highest BCUT2D eigenvalue weighted by Crippen LogP contribution is 2.44. The second-order valence-electron chi connectivity index (χ2n) is 9.85. The fraction of sp³-hybridized carbons (Fsp3) is 0.333. The molecular formula is C30H31ClN2O6S. The van der Waals surface area contributed by atoms with E-state index in [4.69, 9.17) is 21.1 Å². The first kappa shape index (κ1) is 29.3. The molecule has 1 aromatic heterocycles. The zero-order chi connectivity index (χ0) is 29.0. The van der Waals surface area contributed by atoms with E-state index in [0.717, 1.165) is 24.2 Å². The maximum atomic E-state index is 13.5. The van der Waals surface area contributed by atoms with Crippen LogP contribution in [0, 0.1) is 12.8 Å². The van der Waals surface area contributed by atoms with E-state index in [2.05, 4.69) is 11.9 Å². The highest BCUT2D eigenvalue weighted by Gasteiger charge is 2.48. The van der Waals surface area contributed by atoms with Gasteiger partial charge in [-0.1, -0.05) is 62.3 Å². The molecule has 2 heterocycles. The Morgan fingerprint density at radius 3 is 2.55 bits per heavy atom. The molecular weight excluding hydrogens is 552 g/mol. The minimum absolute atomic E-state index is 0.108. The summed E-state index contributed by atoms with van der Waals surface area (Å²) >= 11 is 7.24. The summed E-state index contributed by atoms with van der Waals surface area (Å²) in [4.78, 5) is 45.5. The molecule has 0 saturated carbocycles. The number of carbonyl (C=O) groups excluding carboxylic acids is 3. The molecule has 0 bridgehead atoms. The predicted molar refractivity (Wildman–Crippen MR) is 155 cm³/mol. The molecule has 0 radical (unpaired) electrons. The second-order valence-corrected chi connectivity index (χ2v) is 11.3. The number of nitrogens with zero attached hydrogens (tertiary/aromatic N) is 2. The van der Waals surface area contributed by atoms with Crippen LogP contribution in [0.2, 0.25) is 5.02 Å². The van der Waals surface area contributed by atoms with Crippen molar-refractivity contribution in [1.82, 2.24) is 4.98 Å². The van der Waals surface area contributed by atoms with Gasteiger partial charge in [0.2, 0.25) is 0 Å². The first-order valence-electron chi connectivity index (χ1n) is 13.1. The first-order valence-corrected chi connectivity index (χ1v) is 14.3. The van der Waals surface area contributed by atoms with Gasteiger partial charge in [0, 0.05) is 10.6 Å². The van der Waals surface area contributed by atoms with Crippen molar-refractivity contribution in [3.63, 3.8) is 0 Å². The van der Waals surface area contributed by atoms with Crippen LogP contribution in [0.3, 0.4) is 0 Å². The summed E-state index contributed by atoms with van der Waals surface area (Å²) in [5.74, 6) is -1.85. The molecule has 3 aromatic rings. The molecule has 8 nitrogen and oxygen atoms in total. The molecule has 1 amide bonds. The monoisotopic (exact) mass is 582 g/mol. The third-order valence-electron chi connectivity index (χ3n) is 6.23. The number of esters is 1. The average molecular weight is 583 g/mol.